The second-order valence-electron chi connectivity index (χ2n) is 2.85. The zero-order chi connectivity index (χ0) is 11.5. The van der Waals surface area contributed by atoms with Crippen LogP contribution in [0.1, 0.15) is 6.42 Å². The van der Waals surface area contributed by atoms with Gasteiger partial charge in [-0.3, -0.25) is 0 Å². The van der Waals surface area contributed by atoms with Gasteiger partial charge in [-0.25, -0.2) is 13.4 Å². The highest BCUT2D eigenvalue weighted by atomic mass is 32.2. The van der Waals surface area contributed by atoms with Gasteiger partial charge in [0, 0.05) is 12.6 Å². The van der Waals surface area contributed by atoms with Gasteiger partial charge < -0.3 is 5.73 Å². The largest absolute Gasteiger partial charge is 0.352 e. The fraction of sp³-hybridized carbons (Fsp3) is 0.375. The van der Waals surface area contributed by atoms with Gasteiger partial charge in [0.1, 0.15) is 0 Å². The highest BCUT2D eigenvalue weighted by Gasteiger charge is 2.45. The molecule has 0 aliphatic carbocycles. The Morgan fingerprint density at radius 3 is 2.53 bits per heavy atom. The molecule has 4 nitrogen and oxygen atoms in total. The first kappa shape index (κ1) is 12.0. The Morgan fingerprint density at radius 1 is 1.40 bits per heavy atom. The summed E-state index contributed by atoms with van der Waals surface area (Å²) < 4.78 is 49.1. The van der Waals surface area contributed by atoms with Gasteiger partial charge >= 0.3 is 5.25 Å². The lowest BCUT2D eigenvalue weighted by molar-refractivity contribution is 0.0845. The van der Waals surface area contributed by atoms with E-state index in [9.17, 15) is 17.2 Å². The predicted octanol–water partition coefficient (Wildman–Crippen LogP) is 0.797. The molecular formula is C8H10F2N2O2S. The summed E-state index contributed by atoms with van der Waals surface area (Å²) in [6.07, 6.45) is 0.233. The Hall–Kier alpha value is -1.08. The molecule has 0 radical (unpaired) electrons. The minimum absolute atomic E-state index is 0.404. The zero-order valence-electron chi connectivity index (χ0n) is 7.73. The first-order valence-electron chi connectivity index (χ1n) is 4.15. The average Bonchev–Trinajstić information content (AvgIpc) is 2.19. The first-order chi connectivity index (χ1) is 6.92. The topological polar surface area (TPSA) is 73.1 Å². The number of halogens is 2. The maximum absolute atomic E-state index is 13.2. The monoisotopic (exact) mass is 236 g/mol. The van der Waals surface area contributed by atoms with Crippen molar-refractivity contribution in [3.8, 4) is 0 Å². The van der Waals surface area contributed by atoms with Crippen molar-refractivity contribution in [1.29, 1.82) is 0 Å². The average molecular weight is 236 g/mol. The van der Waals surface area contributed by atoms with Crippen molar-refractivity contribution in [2.45, 2.75) is 16.7 Å². The summed E-state index contributed by atoms with van der Waals surface area (Å²) in [5.41, 5.74) is 4.92. The summed E-state index contributed by atoms with van der Waals surface area (Å²) in [5, 5.41) is -4.50. The number of sulfone groups is 1. The summed E-state index contributed by atoms with van der Waals surface area (Å²) >= 11 is 0. The van der Waals surface area contributed by atoms with Crippen LogP contribution in [0.5, 0.6) is 0 Å². The summed E-state index contributed by atoms with van der Waals surface area (Å²) in [7, 11) is -4.73. The molecule has 0 aliphatic heterocycles. The number of pyridine rings is 1. The lowest BCUT2D eigenvalue weighted by atomic mass is 10.4. The van der Waals surface area contributed by atoms with Crippen LogP contribution < -0.4 is 5.73 Å². The summed E-state index contributed by atoms with van der Waals surface area (Å²) in [6, 6.07) is 3.80. The van der Waals surface area contributed by atoms with Crippen molar-refractivity contribution in [2.24, 2.45) is 5.73 Å². The van der Waals surface area contributed by atoms with E-state index in [1.807, 2.05) is 0 Å². The molecule has 0 amide bonds. The van der Waals surface area contributed by atoms with Crippen molar-refractivity contribution in [1.82, 2.24) is 4.98 Å². The van der Waals surface area contributed by atoms with E-state index < -0.39 is 33.1 Å². The molecule has 2 N–H and O–H groups in total. The number of hydrogen-bond donors (Lipinski definition) is 1. The van der Waals surface area contributed by atoms with Gasteiger partial charge in [0.05, 0.1) is 0 Å². The Balaban J connectivity index is 3.14. The van der Waals surface area contributed by atoms with Crippen LogP contribution in [0.25, 0.3) is 0 Å². The van der Waals surface area contributed by atoms with Gasteiger partial charge in [0.25, 0.3) is 9.84 Å². The smallest absolute Gasteiger partial charge is 0.330 e. The van der Waals surface area contributed by atoms with Crippen LogP contribution in [0.3, 0.4) is 0 Å². The predicted molar refractivity (Wildman–Crippen MR) is 50.0 cm³/mol. The molecule has 1 rings (SSSR count). The third kappa shape index (κ3) is 2.29. The van der Waals surface area contributed by atoms with Gasteiger partial charge in [-0.05, 0) is 18.7 Å². The van der Waals surface area contributed by atoms with E-state index in [1.165, 1.54) is 12.1 Å². The SMILES string of the molecule is NCCC(F)(F)S(=O)(=O)c1ccccn1. The summed E-state index contributed by atoms with van der Waals surface area (Å²) in [4.78, 5) is 3.39. The Labute approximate surface area is 86.0 Å². The molecule has 0 unspecified atom stereocenters. The molecule has 0 fully saturated rings. The molecule has 0 saturated carbocycles. The minimum atomic E-state index is -4.73. The van der Waals surface area contributed by atoms with Crippen molar-refractivity contribution in [3.63, 3.8) is 0 Å². The van der Waals surface area contributed by atoms with Gasteiger partial charge in [-0.2, -0.15) is 8.78 Å². The minimum Gasteiger partial charge on any atom is -0.330 e. The second-order valence-corrected chi connectivity index (χ2v) is 4.87. The van der Waals surface area contributed by atoms with E-state index in [0.29, 0.717) is 0 Å². The lowest BCUT2D eigenvalue weighted by Crippen LogP contribution is -2.32. The quantitative estimate of drug-likeness (QED) is 0.839. The highest BCUT2D eigenvalue weighted by Crippen LogP contribution is 2.30. The van der Waals surface area contributed by atoms with Crippen LogP contribution in [0.15, 0.2) is 29.4 Å². The van der Waals surface area contributed by atoms with E-state index >= 15 is 0 Å². The van der Waals surface area contributed by atoms with Crippen LogP contribution in [0.2, 0.25) is 0 Å². The number of rotatable bonds is 4. The molecule has 84 valence electrons. The van der Waals surface area contributed by atoms with Gasteiger partial charge in [0.15, 0.2) is 5.03 Å². The van der Waals surface area contributed by atoms with Gasteiger partial charge in [-0.1, -0.05) is 6.07 Å². The molecule has 15 heavy (non-hydrogen) atoms. The third-order valence-electron chi connectivity index (χ3n) is 1.74. The van der Waals surface area contributed by atoms with Crippen molar-refractivity contribution >= 4 is 9.84 Å². The molecule has 0 bridgehead atoms. The van der Waals surface area contributed by atoms with Crippen LogP contribution in [0, 0.1) is 0 Å². The zero-order valence-corrected chi connectivity index (χ0v) is 8.55. The summed E-state index contributed by atoms with van der Waals surface area (Å²) in [5.74, 6) is 0. The number of nitrogens with zero attached hydrogens (tertiary/aromatic N) is 1. The molecule has 0 spiro atoms. The molecule has 0 aliphatic rings. The number of nitrogens with two attached hydrogens (primary N) is 1. The number of alkyl halides is 2. The fourth-order valence-electron chi connectivity index (χ4n) is 0.961. The Kier molecular flexibility index (Phi) is 3.35. The number of aromatic nitrogens is 1. The van der Waals surface area contributed by atoms with Crippen molar-refractivity contribution < 1.29 is 17.2 Å². The molecule has 0 saturated heterocycles. The first-order valence-corrected chi connectivity index (χ1v) is 5.63. The maximum Gasteiger partial charge on any atom is 0.352 e. The number of hydrogen-bond acceptors (Lipinski definition) is 4. The standard InChI is InChI=1S/C8H10F2N2O2S/c9-8(10,4-5-11)15(13,14)7-3-1-2-6-12-7/h1-3,6H,4-5,11H2. The normalized spacial score (nSPS) is 12.7. The van der Waals surface area contributed by atoms with Crippen molar-refractivity contribution in [2.75, 3.05) is 6.54 Å². The van der Waals surface area contributed by atoms with E-state index in [4.69, 9.17) is 5.73 Å². The molecule has 1 aromatic rings. The fourth-order valence-corrected chi connectivity index (χ4v) is 2.11. The van der Waals surface area contributed by atoms with Crippen LogP contribution in [0.4, 0.5) is 8.78 Å². The van der Waals surface area contributed by atoms with E-state index in [0.717, 1.165) is 12.3 Å². The van der Waals surface area contributed by atoms with Crippen LogP contribution in [-0.4, -0.2) is 25.2 Å². The van der Waals surface area contributed by atoms with Gasteiger partial charge in [0.2, 0.25) is 0 Å². The van der Waals surface area contributed by atoms with E-state index in [2.05, 4.69) is 4.98 Å². The third-order valence-corrected chi connectivity index (χ3v) is 3.52. The Bertz CT molecular complexity index is 420. The lowest BCUT2D eigenvalue weighted by Gasteiger charge is -2.14. The second kappa shape index (κ2) is 4.19. The molecule has 1 heterocycles. The van der Waals surface area contributed by atoms with E-state index in [-0.39, 0.29) is 0 Å². The maximum atomic E-state index is 13.2. The van der Waals surface area contributed by atoms with Crippen molar-refractivity contribution in [3.05, 3.63) is 24.4 Å². The molecule has 0 aromatic carbocycles. The summed E-state index contributed by atoms with van der Waals surface area (Å²) in [6.45, 7) is -0.404. The molecule has 0 atom stereocenters. The van der Waals surface area contributed by atoms with Crippen LogP contribution >= 0.6 is 0 Å². The van der Waals surface area contributed by atoms with E-state index in [1.54, 1.807) is 0 Å². The Morgan fingerprint density at radius 2 is 2.07 bits per heavy atom. The highest BCUT2D eigenvalue weighted by molar-refractivity contribution is 7.92. The molecular weight excluding hydrogens is 226 g/mol. The molecule has 7 heteroatoms. The van der Waals surface area contributed by atoms with Crippen LogP contribution in [-0.2, 0) is 9.84 Å². The molecule has 1 aromatic heterocycles. The van der Waals surface area contributed by atoms with Gasteiger partial charge in [-0.15, -0.1) is 0 Å².